The van der Waals surface area contributed by atoms with Crippen molar-refractivity contribution in [2.24, 2.45) is 0 Å². The van der Waals surface area contributed by atoms with Gasteiger partial charge in [0.25, 0.3) is 5.91 Å². The van der Waals surface area contributed by atoms with Crippen molar-refractivity contribution < 1.29 is 18.7 Å². The van der Waals surface area contributed by atoms with Crippen LogP contribution in [0.15, 0.2) is 66.0 Å². The fourth-order valence-electron chi connectivity index (χ4n) is 3.71. The lowest BCUT2D eigenvalue weighted by Gasteiger charge is -2.26. The van der Waals surface area contributed by atoms with E-state index in [-0.39, 0.29) is 17.8 Å². The average molecular weight is 440 g/mol. The average Bonchev–Trinajstić information content (AvgIpc) is 3.48. The minimum absolute atomic E-state index is 0.0367. The Hall–Kier alpha value is -2.70. The van der Waals surface area contributed by atoms with Crippen molar-refractivity contribution in [3.05, 3.63) is 87.9 Å². The first-order chi connectivity index (χ1) is 15.2. The minimum atomic E-state index is -0.352. The molecule has 0 aliphatic carbocycles. The third-order valence-electron chi connectivity index (χ3n) is 5.30. The third kappa shape index (κ3) is 6.15. The number of rotatable bonds is 9. The number of thiophene rings is 1. The van der Waals surface area contributed by atoms with Gasteiger partial charge in [-0.25, -0.2) is 4.39 Å². The van der Waals surface area contributed by atoms with Crippen LogP contribution < -0.4 is 4.74 Å². The minimum Gasteiger partial charge on any atom is -0.493 e. The number of amides is 1. The quantitative estimate of drug-likeness (QED) is 0.452. The van der Waals surface area contributed by atoms with E-state index in [4.69, 9.17) is 9.47 Å². The van der Waals surface area contributed by atoms with E-state index in [1.54, 1.807) is 16.2 Å². The van der Waals surface area contributed by atoms with Crippen LogP contribution in [-0.2, 0) is 17.7 Å². The highest BCUT2D eigenvalue weighted by Crippen LogP contribution is 2.20. The van der Waals surface area contributed by atoms with Crippen LogP contribution in [0.5, 0.6) is 5.75 Å². The van der Waals surface area contributed by atoms with Gasteiger partial charge >= 0.3 is 0 Å². The van der Waals surface area contributed by atoms with Gasteiger partial charge in [-0.1, -0.05) is 18.2 Å². The fourth-order valence-corrected chi connectivity index (χ4v) is 4.40. The van der Waals surface area contributed by atoms with Gasteiger partial charge in [-0.3, -0.25) is 4.79 Å². The molecule has 2 aromatic carbocycles. The molecule has 1 aromatic heterocycles. The lowest BCUT2D eigenvalue weighted by Crippen LogP contribution is -2.37. The van der Waals surface area contributed by atoms with Gasteiger partial charge in [-0.15, -0.1) is 11.3 Å². The van der Waals surface area contributed by atoms with E-state index in [0.29, 0.717) is 25.3 Å². The molecule has 4 rings (SSSR count). The number of benzene rings is 2. The van der Waals surface area contributed by atoms with E-state index >= 15 is 0 Å². The summed E-state index contributed by atoms with van der Waals surface area (Å²) in [6, 6.07) is 17.7. The van der Waals surface area contributed by atoms with E-state index < -0.39 is 0 Å². The summed E-state index contributed by atoms with van der Waals surface area (Å²) in [6.07, 6.45) is 2.86. The molecule has 1 fully saturated rings. The monoisotopic (exact) mass is 439 g/mol. The largest absolute Gasteiger partial charge is 0.493 e. The van der Waals surface area contributed by atoms with Crippen molar-refractivity contribution in [3.8, 4) is 5.75 Å². The first-order valence-corrected chi connectivity index (χ1v) is 11.5. The Kier molecular flexibility index (Phi) is 7.33. The number of nitrogens with zero attached hydrogens (tertiary/aromatic N) is 1. The van der Waals surface area contributed by atoms with E-state index in [2.05, 4.69) is 11.4 Å². The van der Waals surface area contributed by atoms with Gasteiger partial charge < -0.3 is 14.4 Å². The van der Waals surface area contributed by atoms with Crippen molar-refractivity contribution in [2.75, 3.05) is 19.8 Å². The Balaban J connectivity index is 1.43. The molecule has 0 bridgehead atoms. The molecule has 1 atom stereocenters. The molecule has 3 aromatic rings. The lowest BCUT2D eigenvalue weighted by molar-refractivity contribution is 0.0507. The maximum absolute atomic E-state index is 13.3. The van der Waals surface area contributed by atoms with Gasteiger partial charge in [0.05, 0.1) is 12.7 Å². The van der Waals surface area contributed by atoms with Gasteiger partial charge in [0, 0.05) is 36.6 Å². The van der Waals surface area contributed by atoms with Crippen LogP contribution in [0.1, 0.15) is 33.6 Å². The molecule has 0 N–H and O–H groups in total. The number of halogens is 1. The normalized spacial score (nSPS) is 15.7. The molecule has 1 saturated heterocycles. The Morgan fingerprint density at radius 3 is 2.77 bits per heavy atom. The number of carbonyl (C=O) groups excluding carboxylic acids is 1. The molecule has 31 heavy (non-hydrogen) atoms. The van der Waals surface area contributed by atoms with E-state index in [1.165, 1.54) is 29.1 Å². The molecule has 1 aliphatic rings. The number of carbonyl (C=O) groups is 1. The summed E-state index contributed by atoms with van der Waals surface area (Å²) in [5, 5.41) is 2.07. The molecule has 1 amide bonds. The van der Waals surface area contributed by atoms with Gasteiger partial charge in [0.1, 0.15) is 11.6 Å². The maximum atomic E-state index is 13.3. The Morgan fingerprint density at radius 1 is 1.16 bits per heavy atom. The van der Waals surface area contributed by atoms with Crippen LogP contribution in [-0.4, -0.2) is 36.7 Å². The Bertz CT molecular complexity index is 969. The second-order valence-corrected chi connectivity index (χ2v) is 8.69. The second kappa shape index (κ2) is 10.6. The summed E-state index contributed by atoms with van der Waals surface area (Å²) < 4.78 is 25.0. The highest BCUT2D eigenvalue weighted by molar-refractivity contribution is 7.09. The van der Waals surface area contributed by atoms with Crippen LogP contribution in [0.4, 0.5) is 4.39 Å². The number of hydrogen-bond donors (Lipinski definition) is 0. The number of hydrogen-bond acceptors (Lipinski definition) is 4. The zero-order valence-corrected chi connectivity index (χ0v) is 18.2. The molecule has 0 saturated carbocycles. The van der Waals surface area contributed by atoms with Gasteiger partial charge in [0.15, 0.2) is 0 Å². The summed E-state index contributed by atoms with van der Waals surface area (Å²) in [7, 11) is 0. The SMILES string of the molecule is O=C(c1ccc(F)cc1)N(Cc1cccc(OCCc2cccs2)c1)C[C@@H]1CCCO1. The smallest absolute Gasteiger partial charge is 0.254 e. The van der Waals surface area contributed by atoms with Crippen LogP contribution in [0, 0.1) is 5.82 Å². The molecule has 1 aliphatic heterocycles. The first-order valence-electron chi connectivity index (χ1n) is 10.6. The zero-order valence-electron chi connectivity index (χ0n) is 17.3. The molecule has 4 nitrogen and oxygen atoms in total. The highest BCUT2D eigenvalue weighted by Gasteiger charge is 2.24. The van der Waals surface area contributed by atoms with E-state index in [9.17, 15) is 9.18 Å². The predicted molar refractivity (Wildman–Crippen MR) is 120 cm³/mol. The van der Waals surface area contributed by atoms with Gasteiger partial charge in [0.2, 0.25) is 0 Å². The standard InChI is InChI=1S/C25H26FNO3S/c26-21-10-8-20(9-11-21)25(28)27(18-23-6-2-13-29-23)17-19-4-1-5-22(16-19)30-14-12-24-7-3-15-31-24/h1,3-5,7-11,15-16,23H,2,6,12-14,17-18H2/t23-/m0/s1. The van der Waals surface area contributed by atoms with E-state index in [1.807, 2.05) is 30.3 Å². The van der Waals surface area contributed by atoms with Gasteiger partial charge in [-0.2, -0.15) is 0 Å². The second-order valence-electron chi connectivity index (χ2n) is 7.65. The Labute approximate surface area is 186 Å². The summed E-state index contributed by atoms with van der Waals surface area (Å²) >= 11 is 1.73. The van der Waals surface area contributed by atoms with Crippen molar-refractivity contribution in [1.82, 2.24) is 4.90 Å². The fraction of sp³-hybridized carbons (Fsp3) is 0.320. The lowest BCUT2D eigenvalue weighted by atomic mass is 10.1. The highest BCUT2D eigenvalue weighted by atomic mass is 32.1. The van der Waals surface area contributed by atoms with Crippen molar-refractivity contribution in [2.45, 2.75) is 31.9 Å². The van der Waals surface area contributed by atoms with E-state index in [0.717, 1.165) is 37.2 Å². The van der Waals surface area contributed by atoms with Crippen LogP contribution in [0.3, 0.4) is 0 Å². The molecule has 0 spiro atoms. The topological polar surface area (TPSA) is 38.8 Å². The maximum Gasteiger partial charge on any atom is 0.254 e. The van der Waals surface area contributed by atoms with Crippen LogP contribution >= 0.6 is 11.3 Å². The molecule has 0 radical (unpaired) electrons. The molecular formula is C25H26FNO3S. The summed E-state index contributed by atoms with van der Waals surface area (Å²) in [6.45, 7) is 2.30. The summed E-state index contributed by atoms with van der Waals surface area (Å²) in [5.41, 5.74) is 1.46. The summed E-state index contributed by atoms with van der Waals surface area (Å²) in [4.78, 5) is 16.2. The molecule has 0 unspecified atom stereocenters. The summed E-state index contributed by atoms with van der Waals surface area (Å²) in [5.74, 6) is 0.314. The zero-order chi connectivity index (χ0) is 21.5. The van der Waals surface area contributed by atoms with Gasteiger partial charge in [-0.05, 0) is 66.2 Å². The van der Waals surface area contributed by atoms with Crippen molar-refractivity contribution in [1.29, 1.82) is 0 Å². The molecule has 162 valence electrons. The Morgan fingerprint density at radius 2 is 2.03 bits per heavy atom. The van der Waals surface area contributed by atoms with Crippen LogP contribution in [0.2, 0.25) is 0 Å². The molecular weight excluding hydrogens is 413 g/mol. The predicted octanol–water partition coefficient (Wildman–Crippen LogP) is 5.33. The molecule has 2 heterocycles. The number of ether oxygens (including phenoxy) is 2. The van der Waals surface area contributed by atoms with Crippen molar-refractivity contribution in [3.63, 3.8) is 0 Å². The third-order valence-corrected chi connectivity index (χ3v) is 6.23. The first kappa shape index (κ1) is 21.5. The van der Waals surface area contributed by atoms with Crippen molar-refractivity contribution >= 4 is 17.2 Å². The molecule has 6 heteroatoms. The van der Waals surface area contributed by atoms with Crippen LogP contribution in [0.25, 0.3) is 0 Å².